The largest absolute Gasteiger partial charge is 0.458 e. The molecule has 2 nitrogen and oxygen atoms in total. The molecular weight excluding hydrogens is 678 g/mol. The maximum atomic E-state index is 15.6. The molecule has 0 unspecified atom stereocenters. The third-order valence-electron chi connectivity index (χ3n) is 7.24. The van der Waals surface area contributed by atoms with Crippen LogP contribution in [0.25, 0.3) is 43.9 Å². The number of fused-ring (bicyclic) bond motifs is 2. The van der Waals surface area contributed by atoms with Crippen LogP contribution in [0.5, 0.6) is 5.75 Å². The third-order valence-corrected chi connectivity index (χ3v) is 7.24. The Labute approximate surface area is 267 Å². The van der Waals surface area contributed by atoms with Crippen LogP contribution in [0.1, 0.15) is 11.1 Å². The minimum Gasteiger partial charge on any atom is -0.429 e. The van der Waals surface area contributed by atoms with E-state index >= 15 is 26.3 Å². The lowest BCUT2D eigenvalue weighted by atomic mass is 9.96. The van der Waals surface area contributed by atoms with Gasteiger partial charge in [-0.3, -0.25) is 4.98 Å². The van der Waals surface area contributed by atoms with E-state index in [4.69, 9.17) is 0 Å². The second-order valence-corrected chi connectivity index (χ2v) is 10.4. The second-order valence-electron chi connectivity index (χ2n) is 10.4. The molecule has 0 saturated heterocycles. The van der Waals surface area contributed by atoms with Gasteiger partial charge in [-0.05, 0) is 64.9 Å². The molecule has 0 aliphatic carbocycles. The molecule has 6 aromatic rings. The Hall–Kier alpha value is -5.71. The predicted octanol–water partition coefficient (Wildman–Crippen LogP) is 10.7. The summed E-state index contributed by atoms with van der Waals surface area (Å²) in [5, 5.41) is -2.06. The van der Waals surface area contributed by atoms with Crippen molar-refractivity contribution in [2.45, 2.75) is 12.3 Å². The van der Waals surface area contributed by atoms with Gasteiger partial charge in [-0.25, -0.2) is 30.7 Å². The Balaban J connectivity index is 1.35. The summed E-state index contributed by atoms with van der Waals surface area (Å²) in [4.78, 5) is 4.15. The molecule has 0 bridgehead atoms. The molecule has 0 N–H and O–H groups in total. The monoisotopic (exact) mass is 691 g/mol. The molecule has 0 atom stereocenters. The number of aromatic nitrogens is 1. The number of rotatable bonds is 5. The molecule has 6 rings (SSSR count). The van der Waals surface area contributed by atoms with Crippen LogP contribution in [0, 0.1) is 52.6 Å². The normalized spacial score (nSPS) is 11.9. The van der Waals surface area contributed by atoms with Crippen LogP contribution in [0.15, 0.2) is 79.0 Å². The van der Waals surface area contributed by atoms with E-state index in [0.29, 0.717) is 23.2 Å². The van der Waals surface area contributed by atoms with Gasteiger partial charge < -0.3 is 4.74 Å². The lowest BCUT2D eigenvalue weighted by Gasteiger charge is -2.21. The summed E-state index contributed by atoms with van der Waals surface area (Å²) in [6.07, 6.45) is -8.60. The van der Waals surface area contributed by atoms with E-state index in [9.17, 15) is 26.3 Å². The van der Waals surface area contributed by atoms with Gasteiger partial charge in [0, 0.05) is 29.1 Å². The van der Waals surface area contributed by atoms with Crippen LogP contribution < -0.4 is 4.74 Å². The van der Waals surface area contributed by atoms with Crippen LogP contribution in [0.4, 0.5) is 52.7 Å². The summed E-state index contributed by atoms with van der Waals surface area (Å²) in [5.41, 5.74) is -4.26. The van der Waals surface area contributed by atoms with Crippen molar-refractivity contribution in [2.75, 3.05) is 0 Å². The first-order valence-corrected chi connectivity index (χ1v) is 13.6. The minimum atomic E-state index is -5.15. The number of hydrogen-bond acceptors (Lipinski definition) is 2. The molecule has 1 aromatic heterocycles. The molecule has 1 heterocycles. The van der Waals surface area contributed by atoms with Crippen molar-refractivity contribution in [3.05, 3.63) is 131 Å². The number of benzene rings is 5. The summed E-state index contributed by atoms with van der Waals surface area (Å²) in [5.74, 6) is -11.3. The lowest BCUT2D eigenvalue weighted by molar-refractivity contribution is -0.189. The average molecular weight is 691 g/mol. The van der Waals surface area contributed by atoms with Crippen molar-refractivity contribution < 1.29 is 57.4 Å². The summed E-state index contributed by atoms with van der Waals surface area (Å²) >= 11 is 0. The number of ether oxygens (including phenoxy) is 1. The van der Waals surface area contributed by atoms with Crippen molar-refractivity contribution in [2.24, 2.45) is 0 Å². The number of halogens is 12. The van der Waals surface area contributed by atoms with E-state index in [1.807, 2.05) is 0 Å². The molecule has 0 saturated carbocycles. The van der Waals surface area contributed by atoms with Crippen molar-refractivity contribution in [1.29, 1.82) is 0 Å². The van der Waals surface area contributed by atoms with E-state index in [2.05, 4.69) is 9.72 Å². The fraction of sp³-hybridized carbons (Fsp3) is 0.0571. The number of nitrogens with zero attached hydrogens (tertiary/aromatic N) is 1. The Morgan fingerprint density at radius 2 is 1.31 bits per heavy atom. The highest BCUT2D eigenvalue weighted by atomic mass is 19.4. The van der Waals surface area contributed by atoms with Gasteiger partial charge in [-0.1, -0.05) is 24.1 Å². The van der Waals surface area contributed by atoms with Crippen molar-refractivity contribution >= 4 is 21.5 Å². The van der Waals surface area contributed by atoms with Gasteiger partial charge in [0.25, 0.3) is 0 Å². The highest BCUT2D eigenvalue weighted by molar-refractivity contribution is 5.91. The first kappa shape index (κ1) is 33.2. The van der Waals surface area contributed by atoms with Crippen molar-refractivity contribution in [1.82, 2.24) is 4.98 Å². The van der Waals surface area contributed by atoms with E-state index < -0.39 is 91.8 Å². The van der Waals surface area contributed by atoms with Crippen LogP contribution in [-0.4, -0.2) is 11.2 Å². The maximum Gasteiger partial charge on any atom is 0.458 e. The number of hydrogen-bond donors (Lipinski definition) is 0. The molecular formula is C35H13F12NO. The third kappa shape index (κ3) is 6.31. The van der Waals surface area contributed by atoms with Gasteiger partial charge >= 0.3 is 12.3 Å². The van der Waals surface area contributed by atoms with E-state index in [1.165, 1.54) is 30.3 Å². The van der Waals surface area contributed by atoms with Gasteiger partial charge in [0.2, 0.25) is 0 Å². The molecule has 14 heteroatoms. The van der Waals surface area contributed by atoms with Crippen molar-refractivity contribution in [3.8, 4) is 40.0 Å². The summed E-state index contributed by atoms with van der Waals surface area (Å²) in [7, 11) is 0. The minimum absolute atomic E-state index is 0.0623. The summed E-state index contributed by atoms with van der Waals surface area (Å²) in [6.45, 7) is 0. The molecule has 0 fully saturated rings. The highest BCUT2D eigenvalue weighted by Crippen LogP contribution is 2.41. The lowest BCUT2D eigenvalue weighted by Crippen LogP contribution is -2.25. The Morgan fingerprint density at radius 1 is 0.612 bits per heavy atom. The zero-order valence-corrected chi connectivity index (χ0v) is 23.9. The zero-order valence-electron chi connectivity index (χ0n) is 23.9. The predicted molar refractivity (Wildman–Crippen MR) is 154 cm³/mol. The van der Waals surface area contributed by atoms with Crippen LogP contribution in [0.3, 0.4) is 0 Å². The fourth-order valence-corrected chi connectivity index (χ4v) is 5.18. The second kappa shape index (κ2) is 12.1. The smallest absolute Gasteiger partial charge is 0.429 e. The van der Waals surface area contributed by atoms with Gasteiger partial charge in [0.05, 0.1) is 22.2 Å². The Bertz CT molecular complexity index is 2340. The maximum absolute atomic E-state index is 15.6. The fourth-order valence-electron chi connectivity index (χ4n) is 5.18. The topological polar surface area (TPSA) is 22.1 Å². The van der Waals surface area contributed by atoms with Gasteiger partial charge in [-0.15, -0.1) is 0 Å². The molecule has 5 aromatic carbocycles. The van der Waals surface area contributed by atoms with Gasteiger partial charge in [0.15, 0.2) is 5.82 Å². The molecule has 0 aliphatic rings. The standard InChI is InChI=1S/C35H13F12NO/c36-23-12-18-10-20(15-25(38)29(18)33(42)22(23)6-7-34(43,44)45)49-35(46,47)31-26(39)13-19(14-27(31)40)30-24(37)11-17-9-16(4-5-21(17)32(30)41)28-3-1-2-8-48-28/h1-5,8-15H. The van der Waals surface area contributed by atoms with Crippen LogP contribution in [-0.2, 0) is 6.11 Å². The molecule has 0 amide bonds. The van der Waals surface area contributed by atoms with E-state index in [0.717, 1.165) is 6.07 Å². The molecule has 248 valence electrons. The van der Waals surface area contributed by atoms with Crippen LogP contribution in [0.2, 0.25) is 0 Å². The number of alkyl halides is 5. The molecule has 0 spiro atoms. The Kier molecular flexibility index (Phi) is 8.18. The van der Waals surface area contributed by atoms with E-state index in [-0.39, 0.29) is 35.0 Å². The molecule has 0 aliphatic heterocycles. The Morgan fingerprint density at radius 3 is 1.96 bits per heavy atom. The quantitative estimate of drug-likeness (QED) is 0.133. The zero-order chi connectivity index (χ0) is 35.4. The number of pyridine rings is 1. The average Bonchev–Trinajstić information content (AvgIpc) is 2.99. The van der Waals surface area contributed by atoms with Gasteiger partial charge in [-0.2, -0.15) is 22.0 Å². The van der Waals surface area contributed by atoms with Gasteiger partial charge in [0.1, 0.15) is 46.2 Å². The SMILES string of the molecule is Fc1cc2cc(OC(F)(F)c3c(F)cc(-c4c(F)cc5cc(-c6ccccn6)ccc5c4F)cc3F)cc(F)c2c(F)c1C#CC(F)(F)F. The van der Waals surface area contributed by atoms with E-state index in [1.54, 1.807) is 18.2 Å². The summed E-state index contributed by atoms with van der Waals surface area (Å²) in [6, 6.07) is 11.3. The van der Waals surface area contributed by atoms with Crippen molar-refractivity contribution in [3.63, 3.8) is 0 Å². The molecule has 49 heavy (non-hydrogen) atoms. The first-order valence-electron chi connectivity index (χ1n) is 13.6. The summed E-state index contributed by atoms with van der Waals surface area (Å²) < 4.78 is 177. The first-order chi connectivity index (χ1) is 23.0. The van der Waals surface area contributed by atoms with Crippen LogP contribution >= 0.6 is 0 Å². The molecule has 0 radical (unpaired) electrons. The highest BCUT2D eigenvalue weighted by Gasteiger charge is 2.42.